The van der Waals surface area contributed by atoms with E-state index in [1.807, 2.05) is 31.4 Å². The minimum Gasteiger partial charge on any atom is -0.488 e. The van der Waals surface area contributed by atoms with Gasteiger partial charge in [-0.3, -0.25) is 10.1 Å². The highest BCUT2D eigenvalue weighted by Crippen LogP contribution is 2.29. The first-order valence-electron chi connectivity index (χ1n) is 9.13. The van der Waals surface area contributed by atoms with Crippen molar-refractivity contribution in [2.24, 2.45) is 5.41 Å². The minimum atomic E-state index is -0.865. The summed E-state index contributed by atoms with van der Waals surface area (Å²) in [5.74, 6) is 0.473. The largest absolute Gasteiger partial charge is 0.488 e. The molecule has 2 unspecified atom stereocenters. The number of halogens is 1. The lowest BCUT2D eigenvalue weighted by Crippen LogP contribution is -2.44. The van der Waals surface area contributed by atoms with Crippen molar-refractivity contribution < 1.29 is 14.0 Å². The summed E-state index contributed by atoms with van der Waals surface area (Å²) in [6.45, 7) is 14.7. The third-order valence-electron chi connectivity index (χ3n) is 3.94. The SMILES string of the molecule is Cc1csc(NC(=O)c2cc(I)cc(OC(C)C(O[Si](C)C)C(C)(C)C)c2)n1. The molecule has 2 aromatic rings. The summed E-state index contributed by atoms with van der Waals surface area (Å²) in [5, 5.41) is 5.35. The van der Waals surface area contributed by atoms with Crippen LogP contribution < -0.4 is 10.1 Å². The van der Waals surface area contributed by atoms with Crippen LogP contribution >= 0.6 is 33.9 Å². The fourth-order valence-corrected chi connectivity index (χ4v) is 5.23. The highest BCUT2D eigenvalue weighted by Gasteiger charge is 2.33. The van der Waals surface area contributed by atoms with E-state index < -0.39 is 9.04 Å². The van der Waals surface area contributed by atoms with E-state index in [9.17, 15) is 4.79 Å². The van der Waals surface area contributed by atoms with Gasteiger partial charge < -0.3 is 9.16 Å². The fraction of sp³-hybridized carbons (Fsp3) is 0.500. The molecule has 0 bridgehead atoms. The number of carbonyl (C=O) groups excluding carboxylic acids is 1. The number of anilines is 1. The van der Waals surface area contributed by atoms with Gasteiger partial charge in [0.1, 0.15) is 11.9 Å². The van der Waals surface area contributed by atoms with Gasteiger partial charge in [0.05, 0.1) is 11.8 Å². The summed E-state index contributed by atoms with van der Waals surface area (Å²) in [5.41, 5.74) is 1.39. The molecule has 1 amide bonds. The number of carbonyl (C=O) groups is 1. The zero-order chi connectivity index (χ0) is 21.1. The fourth-order valence-electron chi connectivity index (χ4n) is 2.85. The van der Waals surface area contributed by atoms with Crippen molar-refractivity contribution in [3.63, 3.8) is 0 Å². The number of ether oxygens (including phenoxy) is 1. The number of rotatable bonds is 7. The van der Waals surface area contributed by atoms with Gasteiger partial charge >= 0.3 is 0 Å². The third kappa shape index (κ3) is 6.82. The highest BCUT2D eigenvalue weighted by molar-refractivity contribution is 14.1. The lowest BCUT2D eigenvalue weighted by atomic mass is 9.86. The molecule has 2 atom stereocenters. The van der Waals surface area contributed by atoms with Gasteiger partial charge in [0.2, 0.25) is 9.04 Å². The molecule has 0 saturated heterocycles. The lowest BCUT2D eigenvalue weighted by Gasteiger charge is -2.36. The Labute approximate surface area is 187 Å². The number of thiazole rings is 1. The first kappa shape index (κ1) is 23.3. The van der Waals surface area contributed by atoms with Crippen molar-refractivity contribution in [2.45, 2.75) is 59.9 Å². The molecule has 2 rings (SSSR count). The predicted octanol–water partition coefficient (Wildman–Crippen LogP) is 5.76. The van der Waals surface area contributed by atoms with E-state index in [1.54, 1.807) is 6.07 Å². The Morgan fingerprint density at radius 1 is 1.29 bits per heavy atom. The Balaban J connectivity index is 2.18. The summed E-state index contributed by atoms with van der Waals surface area (Å²) in [7, 11) is -0.865. The second-order valence-electron chi connectivity index (χ2n) is 8.06. The van der Waals surface area contributed by atoms with Crippen molar-refractivity contribution in [1.29, 1.82) is 0 Å². The first-order valence-corrected chi connectivity index (χ1v) is 13.5. The summed E-state index contributed by atoms with van der Waals surface area (Å²) in [6, 6.07) is 5.55. The molecule has 28 heavy (non-hydrogen) atoms. The van der Waals surface area contributed by atoms with Crippen LogP contribution in [-0.4, -0.2) is 32.1 Å². The Morgan fingerprint density at radius 3 is 2.50 bits per heavy atom. The van der Waals surface area contributed by atoms with Gasteiger partial charge in [-0.2, -0.15) is 0 Å². The molecule has 1 N–H and O–H groups in total. The molecule has 1 aromatic heterocycles. The van der Waals surface area contributed by atoms with E-state index in [2.05, 4.69) is 66.8 Å². The summed E-state index contributed by atoms with van der Waals surface area (Å²) in [4.78, 5) is 16.9. The van der Waals surface area contributed by atoms with E-state index in [0.29, 0.717) is 16.4 Å². The van der Waals surface area contributed by atoms with Crippen LogP contribution in [0.5, 0.6) is 5.75 Å². The molecule has 1 aromatic carbocycles. The second kappa shape index (κ2) is 9.68. The van der Waals surface area contributed by atoms with Gasteiger partial charge in [0, 0.05) is 14.5 Å². The highest BCUT2D eigenvalue weighted by atomic mass is 127. The standard InChI is InChI=1S/C20H28IN2O3SSi/c1-12-11-27-19(22-12)23-18(24)14-8-15(21)10-16(9-14)25-13(2)17(20(3,4)5)26-28(6)7/h8-11,13,17H,1-7H3,(H,22,23,24). The molecular weight excluding hydrogens is 503 g/mol. The molecule has 0 aliphatic rings. The lowest BCUT2D eigenvalue weighted by molar-refractivity contribution is -0.00622. The number of nitrogens with one attached hydrogen (secondary N) is 1. The van der Waals surface area contributed by atoms with Crippen LogP contribution in [0.15, 0.2) is 23.6 Å². The van der Waals surface area contributed by atoms with Crippen molar-refractivity contribution in [1.82, 2.24) is 4.98 Å². The maximum Gasteiger partial charge on any atom is 0.257 e. The molecule has 0 aliphatic carbocycles. The van der Waals surface area contributed by atoms with Crippen LogP contribution in [0.2, 0.25) is 13.1 Å². The van der Waals surface area contributed by atoms with Crippen LogP contribution in [0.25, 0.3) is 0 Å². The monoisotopic (exact) mass is 531 g/mol. The topological polar surface area (TPSA) is 60.5 Å². The number of aromatic nitrogens is 1. The van der Waals surface area contributed by atoms with Crippen LogP contribution in [0, 0.1) is 15.9 Å². The number of hydrogen-bond donors (Lipinski definition) is 1. The normalized spacial score (nSPS) is 14.0. The van der Waals surface area contributed by atoms with Crippen molar-refractivity contribution in [2.75, 3.05) is 5.32 Å². The molecule has 0 saturated carbocycles. The van der Waals surface area contributed by atoms with E-state index in [-0.39, 0.29) is 23.5 Å². The van der Waals surface area contributed by atoms with E-state index >= 15 is 0 Å². The van der Waals surface area contributed by atoms with Gasteiger partial charge in [0.15, 0.2) is 5.13 Å². The van der Waals surface area contributed by atoms with E-state index in [4.69, 9.17) is 9.16 Å². The molecule has 0 fully saturated rings. The number of hydrogen-bond acceptors (Lipinski definition) is 5. The first-order chi connectivity index (χ1) is 13.0. The van der Waals surface area contributed by atoms with Gasteiger partial charge in [-0.05, 0) is 73.1 Å². The van der Waals surface area contributed by atoms with E-state index in [0.717, 1.165) is 9.26 Å². The predicted molar refractivity (Wildman–Crippen MR) is 126 cm³/mol. The summed E-state index contributed by atoms with van der Waals surface area (Å²) >= 11 is 3.61. The molecule has 153 valence electrons. The molecule has 1 radical (unpaired) electrons. The Bertz CT molecular complexity index is 820. The Kier molecular flexibility index (Phi) is 8.06. The van der Waals surface area contributed by atoms with Crippen LogP contribution in [0.3, 0.4) is 0 Å². The summed E-state index contributed by atoms with van der Waals surface area (Å²) in [6.07, 6.45) is -0.180. The number of aryl methyl sites for hydroxylation is 1. The van der Waals surface area contributed by atoms with Crippen LogP contribution in [0.4, 0.5) is 5.13 Å². The Morgan fingerprint density at radius 2 is 1.96 bits per heavy atom. The molecule has 8 heteroatoms. The number of benzene rings is 1. The second-order valence-corrected chi connectivity index (χ2v) is 12.2. The zero-order valence-electron chi connectivity index (χ0n) is 17.4. The average Bonchev–Trinajstić information content (AvgIpc) is 2.95. The van der Waals surface area contributed by atoms with E-state index in [1.165, 1.54) is 11.3 Å². The average molecular weight is 532 g/mol. The van der Waals surface area contributed by atoms with Gasteiger partial charge in [-0.25, -0.2) is 4.98 Å². The molecule has 0 aliphatic heterocycles. The van der Waals surface area contributed by atoms with Crippen LogP contribution in [-0.2, 0) is 4.43 Å². The van der Waals surface area contributed by atoms with Gasteiger partial charge in [-0.1, -0.05) is 20.8 Å². The van der Waals surface area contributed by atoms with Gasteiger partial charge in [0.25, 0.3) is 5.91 Å². The molecular formula is C20H28IN2O3SSi. The Hall–Kier alpha value is -0.973. The minimum absolute atomic E-state index is 0.0372. The molecule has 5 nitrogen and oxygen atoms in total. The summed E-state index contributed by atoms with van der Waals surface area (Å²) < 4.78 is 13.4. The molecule has 1 heterocycles. The zero-order valence-corrected chi connectivity index (χ0v) is 21.4. The number of nitrogens with zero attached hydrogens (tertiary/aromatic N) is 1. The third-order valence-corrected chi connectivity index (χ3v) is 6.16. The van der Waals surface area contributed by atoms with Crippen molar-refractivity contribution in [3.8, 4) is 5.75 Å². The van der Waals surface area contributed by atoms with Crippen molar-refractivity contribution >= 4 is 54.0 Å². The quantitative estimate of drug-likeness (QED) is 0.365. The van der Waals surface area contributed by atoms with Crippen LogP contribution in [0.1, 0.15) is 43.7 Å². The van der Waals surface area contributed by atoms with Gasteiger partial charge in [-0.15, -0.1) is 11.3 Å². The maximum atomic E-state index is 12.6. The maximum absolute atomic E-state index is 12.6. The number of amides is 1. The molecule has 0 spiro atoms. The smallest absolute Gasteiger partial charge is 0.257 e. The van der Waals surface area contributed by atoms with Crippen molar-refractivity contribution in [3.05, 3.63) is 38.4 Å².